The number of hydrogen-bond acceptors (Lipinski definition) is 2. The highest BCUT2D eigenvalue weighted by Crippen LogP contribution is 2.26. The molecule has 0 unspecified atom stereocenters. The number of aromatic nitrogens is 2. The van der Waals surface area contributed by atoms with Gasteiger partial charge in [0.1, 0.15) is 11.0 Å². The van der Waals surface area contributed by atoms with Gasteiger partial charge in [-0.2, -0.15) is 0 Å². The van der Waals surface area contributed by atoms with Gasteiger partial charge in [0.05, 0.1) is 0 Å². The molecule has 19 heavy (non-hydrogen) atoms. The highest BCUT2D eigenvalue weighted by molar-refractivity contribution is 6.36. The molecule has 2 nitrogen and oxygen atoms in total. The van der Waals surface area contributed by atoms with Gasteiger partial charge in [0.15, 0.2) is 0 Å². The van der Waals surface area contributed by atoms with Gasteiger partial charge >= 0.3 is 0 Å². The van der Waals surface area contributed by atoms with Gasteiger partial charge in [-0.3, -0.25) is 0 Å². The van der Waals surface area contributed by atoms with Crippen molar-refractivity contribution in [3.8, 4) is 0 Å². The molecule has 1 aromatic carbocycles. The summed E-state index contributed by atoms with van der Waals surface area (Å²) in [6.45, 7) is 2.10. The van der Waals surface area contributed by atoms with Gasteiger partial charge < -0.3 is 0 Å². The van der Waals surface area contributed by atoms with Gasteiger partial charge in [-0.1, -0.05) is 54.2 Å². The molecule has 1 aromatic heterocycles. The van der Waals surface area contributed by atoms with Gasteiger partial charge in [-0.25, -0.2) is 9.97 Å². The summed E-state index contributed by atoms with van der Waals surface area (Å²) in [6, 6.07) is 7.22. The first-order chi connectivity index (χ1) is 9.10. The van der Waals surface area contributed by atoms with Crippen molar-refractivity contribution in [1.82, 2.24) is 9.97 Å². The van der Waals surface area contributed by atoms with E-state index in [4.69, 9.17) is 34.8 Å². The summed E-state index contributed by atoms with van der Waals surface area (Å²) >= 11 is 18.3. The summed E-state index contributed by atoms with van der Waals surface area (Å²) < 4.78 is 0. The zero-order valence-corrected chi connectivity index (χ0v) is 12.7. The highest BCUT2D eigenvalue weighted by Gasteiger charge is 2.10. The quantitative estimate of drug-likeness (QED) is 0.744. The van der Waals surface area contributed by atoms with E-state index in [0.717, 1.165) is 24.1 Å². The van der Waals surface area contributed by atoms with Gasteiger partial charge in [0, 0.05) is 22.2 Å². The van der Waals surface area contributed by atoms with Crippen LogP contribution in [0.5, 0.6) is 0 Å². The first-order valence-corrected chi connectivity index (χ1v) is 7.18. The van der Waals surface area contributed by atoms with E-state index in [2.05, 4.69) is 16.9 Å². The number of hydrogen-bond donors (Lipinski definition) is 0. The molecular formula is C14H13Cl3N2. The molecule has 0 aliphatic carbocycles. The molecule has 0 spiro atoms. The summed E-state index contributed by atoms with van der Waals surface area (Å²) in [5, 5.41) is 1.69. The molecule has 5 heteroatoms. The molecule has 0 amide bonds. The molecule has 2 rings (SSSR count). The third kappa shape index (κ3) is 3.82. The lowest BCUT2D eigenvalue weighted by Crippen LogP contribution is -2.02. The number of rotatable bonds is 4. The van der Waals surface area contributed by atoms with Crippen molar-refractivity contribution in [3.63, 3.8) is 0 Å². The summed E-state index contributed by atoms with van der Waals surface area (Å²) in [4.78, 5) is 8.72. The van der Waals surface area contributed by atoms with Crippen LogP contribution in [-0.4, -0.2) is 9.97 Å². The van der Waals surface area contributed by atoms with Crippen molar-refractivity contribution in [2.45, 2.75) is 26.2 Å². The van der Waals surface area contributed by atoms with Crippen LogP contribution in [0.25, 0.3) is 0 Å². The smallest absolute Gasteiger partial charge is 0.134 e. The molecule has 100 valence electrons. The summed E-state index contributed by atoms with van der Waals surface area (Å²) in [7, 11) is 0. The second-order valence-corrected chi connectivity index (χ2v) is 5.43. The second kappa shape index (κ2) is 6.56. The van der Waals surface area contributed by atoms with E-state index in [0.29, 0.717) is 27.4 Å². The monoisotopic (exact) mass is 314 g/mol. The average molecular weight is 316 g/mol. The highest BCUT2D eigenvalue weighted by atomic mass is 35.5. The standard InChI is InChI=1S/C14H13Cl3N2/c1-2-4-9-7-13(17)19-14(18-9)8-10-11(15)5-3-6-12(10)16/h3,5-7H,2,4,8H2,1H3. The van der Waals surface area contributed by atoms with Crippen LogP contribution in [0.1, 0.15) is 30.4 Å². The minimum Gasteiger partial charge on any atom is -0.237 e. The Bertz CT molecular complexity index is 565. The molecule has 0 aliphatic heterocycles. The summed E-state index contributed by atoms with van der Waals surface area (Å²) in [6.07, 6.45) is 2.38. The van der Waals surface area contributed by atoms with Crippen LogP contribution >= 0.6 is 34.8 Å². The SMILES string of the molecule is CCCc1cc(Cl)nc(Cc2c(Cl)cccc2Cl)n1. The van der Waals surface area contributed by atoms with Crippen LogP contribution in [0.3, 0.4) is 0 Å². The van der Waals surface area contributed by atoms with E-state index in [1.807, 2.05) is 6.07 Å². The maximum absolute atomic E-state index is 6.15. The number of nitrogens with zero attached hydrogens (tertiary/aromatic N) is 2. The second-order valence-electron chi connectivity index (χ2n) is 4.23. The van der Waals surface area contributed by atoms with E-state index in [-0.39, 0.29) is 0 Å². The van der Waals surface area contributed by atoms with E-state index in [9.17, 15) is 0 Å². The molecular weight excluding hydrogens is 303 g/mol. The van der Waals surface area contributed by atoms with E-state index in [1.54, 1.807) is 18.2 Å². The van der Waals surface area contributed by atoms with Gasteiger partial charge in [-0.15, -0.1) is 0 Å². The third-order valence-corrected chi connectivity index (χ3v) is 3.60. The fourth-order valence-electron chi connectivity index (χ4n) is 1.84. The normalized spacial score (nSPS) is 10.7. The Balaban J connectivity index is 2.33. The van der Waals surface area contributed by atoms with Gasteiger partial charge in [0.2, 0.25) is 0 Å². The van der Waals surface area contributed by atoms with E-state index >= 15 is 0 Å². The van der Waals surface area contributed by atoms with Gasteiger partial charge in [0.25, 0.3) is 0 Å². The molecule has 0 bridgehead atoms. The van der Waals surface area contributed by atoms with Crippen LogP contribution in [0.15, 0.2) is 24.3 Å². The van der Waals surface area contributed by atoms with Crippen molar-refractivity contribution in [2.24, 2.45) is 0 Å². The zero-order valence-electron chi connectivity index (χ0n) is 10.5. The Morgan fingerprint density at radius 2 is 1.74 bits per heavy atom. The fourth-order valence-corrected chi connectivity index (χ4v) is 2.59. The topological polar surface area (TPSA) is 25.8 Å². The zero-order chi connectivity index (χ0) is 13.8. The largest absolute Gasteiger partial charge is 0.237 e. The molecule has 0 aliphatic rings. The molecule has 0 saturated heterocycles. The predicted octanol–water partition coefficient (Wildman–Crippen LogP) is 4.98. The van der Waals surface area contributed by atoms with Crippen molar-refractivity contribution in [2.75, 3.05) is 0 Å². The van der Waals surface area contributed by atoms with Crippen LogP contribution in [-0.2, 0) is 12.8 Å². The fraction of sp³-hybridized carbons (Fsp3) is 0.286. The molecule has 0 atom stereocenters. The molecule has 0 fully saturated rings. The van der Waals surface area contributed by atoms with Crippen molar-refractivity contribution < 1.29 is 0 Å². The van der Waals surface area contributed by atoms with Gasteiger partial charge in [-0.05, 0) is 30.2 Å². The number of benzene rings is 1. The maximum atomic E-state index is 6.15. The molecule has 2 aromatic rings. The summed E-state index contributed by atoms with van der Waals surface area (Å²) in [5.74, 6) is 0.644. The van der Waals surface area contributed by atoms with E-state index < -0.39 is 0 Å². The van der Waals surface area contributed by atoms with Crippen LogP contribution in [0.4, 0.5) is 0 Å². The number of halogens is 3. The minimum atomic E-state index is 0.455. The Kier molecular flexibility index (Phi) is 5.03. The summed E-state index contributed by atoms with van der Waals surface area (Å²) in [5.41, 5.74) is 1.77. The van der Waals surface area contributed by atoms with Crippen molar-refractivity contribution >= 4 is 34.8 Å². The molecule has 0 N–H and O–H groups in total. The van der Waals surface area contributed by atoms with Crippen LogP contribution in [0.2, 0.25) is 15.2 Å². The van der Waals surface area contributed by atoms with Crippen molar-refractivity contribution in [3.05, 3.63) is 56.5 Å². The lowest BCUT2D eigenvalue weighted by Gasteiger charge is -2.07. The Morgan fingerprint density at radius 3 is 2.37 bits per heavy atom. The minimum absolute atomic E-state index is 0.455. The van der Waals surface area contributed by atoms with Crippen LogP contribution < -0.4 is 0 Å². The average Bonchev–Trinajstić information content (AvgIpc) is 2.34. The third-order valence-electron chi connectivity index (χ3n) is 2.70. The molecule has 0 saturated carbocycles. The molecule has 0 radical (unpaired) electrons. The van der Waals surface area contributed by atoms with Crippen molar-refractivity contribution in [1.29, 1.82) is 0 Å². The Morgan fingerprint density at radius 1 is 1.05 bits per heavy atom. The molecule has 1 heterocycles. The Hall–Kier alpha value is -0.830. The predicted molar refractivity (Wildman–Crippen MR) is 80.3 cm³/mol. The Labute approximate surface area is 127 Å². The lowest BCUT2D eigenvalue weighted by atomic mass is 10.1. The first-order valence-electron chi connectivity index (χ1n) is 6.05. The first kappa shape index (κ1) is 14.6. The maximum Gasteiger partial charge on any atom is 0.134 e. The van der Waals surface area contributed by atoms with E-state index in [1.165, 1.54) is 0 Å². The van der Waals surface area contributed by atoms with Crippen LogP contribution in [0, 0.1) is 0 Å². The number of aryl methyl sites for hydroxylation is 1. The lowest BCUT2D eigenvalue weighted by molar-refractivity contribution is 0.841.